The van der Waals surface area contributed by atoms with E-state index in [1.54, 1.807) is 0 Å². The molecule has 0 atom stereocenters. The van der Waals surface area contributed by atoms with Crippen LogP contribution in [0, 0.1) is 0 Å². The van der Waals surface area contributed by atoms with Gasteiger partial charge in [0.15, 0.2) is 11.5 Å². The van der Waals surface area contributed by atoms with Crippen LogP contribution < -0.4 is 11.1 Å². The molecular weight excluding hydrogens is 226 g/mol. The molecular formula is C10H13N3O4. The molecule has 92 valence electrons. The van der Waals surface area contributed by atoms with Gasteiger partial charge in [-0.2, -0.15) is 0 Å². The van der Waals surface area contributed by atoms with E-state index in [-0.39, 0.29) is 35.9 Å². The molecule has 6 N–H and O–H groups in total. The van der Waals surface area contributed by atoms with Gasteiger partial charge in [-0.05, 0) is 18.2 Å². The zero-order valence-electron chi connectivity index (χ0n) is 8.92. The zero-order valence-corrected chi connectivity index (χ0v) is 8.92. The van der Waals surface area contributed by atoms with Crippen molar-refractivity contribution in [3.05, 3.63) is 23.8 Å². The Balaban J connectivity index is 2.55. The smallest absolute Gasteiger partial charge is 0.251 e. The number of benzene rings is 1. The average Bonchev–Trinajstić information content (AvgIpc) is 2.32. The summed E-state index contributed by atoms with van der Waals surface area (Å²) in [6.07, 6.45) is 0.215. The molecule has 7 nitrogen and oxygen atoms in total. The van der Waals surface area contributed by atoms with Gasteiger partial charge in [-0.25, -0.2) is 0 Å². The normalized spacial score (nSPS) is 11.2. The molecule has 0 saturated heterocycles. The monoisotopic (exact) mass is 239 g/mol. The Labute approximate surface area is 97.2 Å². The van der Waals surface area contributed by atoms with Crippen LogP contribution in [-0.2, 0) is 0 Å². The summed E-state index contributed by atoms with van der Waals surface area (Å²) in [7, 11) is 0. The number of hydrogen-bond acceptors (Lipinski definition) is 5. The molecule has 0 aromatic heterocycles. The number of nitrogens with one attached hydrogen (secondary N) is 1. The second-order valence-electron chi connectivity index (χ2n) is 3.30. The fourth-order valence-corrected chi connectivity index (χ4v) is 1.12. The standard InChI is InChI=1S/C10H13N3O4/c11-9(13-17)3-4-12-10(16)6-1-2-7(14)8(15)5-6/h1-2,5,14-15,17H,3-4H2,(H2,11,13)(H,12,16). The van der Waals surface area contributed by atoms with Crippen LogP contribution >= 0.6 is 0 Å². The van der Waals surface area contributed by atoms with Crippen molar-refractivity contribution < 1.29 is 20.2 Å². The van der Waals surface area contributed by atoms with E-state index in [0.29, 0.717) is 0 Å². The quantitative estimate of drug-likeness (QED) is 0.166. The third-order valence-electron chi connectivity index (χ3n) is 2.03. The van der Waals surface area contributed by atoms with Crippen LogP contribution in [0.4, 0.5) is 0 Å². The number of phenols is 2. The average molecular weight is 239 g/mol. The van der Waals surface area contributed by atoms with Gasteiger partial charge in [0.05, 0.1) is 0 Å². The van der Waals surface area contributed by atoms with Gasteiger partial charge in [-0.15, -0.1) is 0 Å². The van der Waals surface area contributed by atoms with E-state index in [1.165, 1.54) is 12.1 Å². The summed E-state index contributed by atoms with van der Waals surface area (Å²) >= 11 is 0. The highest BCUT2D eigenvalue weighted by atomic mass is 16.4. The van der Waals surface area contributed by atoms with Crippen LogP contribution in [0.15, 0.2) is 23.4 Å². The Morgan fingerprint density at radius 1 is 1.35 bits per heavy atom. The topological polar surface area (TPSA) is 128 Å². The lowest BCUT2D eigenvalue weighted by atomic mass is 10.2. The van der Waals surface area contributed by atoms with E-state index in [1.807, 2.05) is 0 Å². The van der Waals surface area contributed by atoms with Crippen LogP contribution in [0.5, 0.6) is 11.5 Å². The number of nitrogens with zero attached hydrogens (tertiary/aromatic N) is 1. The summed E-state index contributed by atoms with van der Waals surface area (Å²) < 4.78 is 0. The Morgan fingerprint density at radius 2 is 2.06 bits per heavy atom. The van der Waals surface area contributed by atoms with Gasteiger partial charge in [0.2, 0.25) is 0 Å². The maximum Gasteiger partial charge on any atom is 0.251 e. The summed E-state index contributed by atoms with van der Waals surface area (Å²) in [6.45, 7) is 0.205. The molecule has 0 unspecified atom stereocenters. The fraction of sp³-hybridized carbons (Fsp3) is 0.200. The van der Waals surface area contributed by atoms with Crippen molar-refractivity contribution in [3.63, 3.8) is 0 Å². The lowest BCUT2D eigenvalue weighted by Gasteiger charge is -2.05. The van der Waals surface area contributed by atoms with E-state index in [2.05, 4.69) is 10.5 Å². The van der Waals surface area contributed by atoms with Crippen LogP contribution in [-0.4, -0.2) is 33.7 Å². The minimum atomic E-state index is -0.425. The zero-order chi connectivity index (χ0) is 12.8. The SMILES string of the molecule is N/C(CCNC(=O)c1ccc(O)c(O)c1)=N/O. The highest BCUT2D eigenvalue weighted by molar-refractivity contribution is 5.95. The van der Waals surface area contributed by atoms with E-state index >= 15 is 0 Å². The molecule has 17 heavy (non-hydrogen) atoms. The van der Waals surface area contributed by atoms with Crippen molar-refractivity contribution in [2.75, 3.05) is 6.54 Å². The Morgan fingerprint density at radius 3 is 2.65 bits per heavy atom. The van der Waals surface area contributed by atoms with Crippen molar-refractivity contribution in [1.82, 2.24) is 5.32 Å². The Hall–Kier alpha value is -2.44. The van der Waals surface area contributed by atoms with E-state index in [4.69, 9.17) is 16.0 Å². The summed E-state index contributed by atoms with van der Waals surface area (Å²) in [6, 6.07) is 3.73. The van der Waals surface area contributed by atoms with Crippen molar-refractivity contribution >= 4 is 11.7 Å². The lowest BCUT2D eigenvalue weighted by molar-refractivity contribution is 0.0954. The number of amidine groups is 1. The van der Waals surface area contributed by atoms with Gasteiger partial charge in [0, 0.05) is 18.5 Å². The third kappa shape index (κ3) is 3.56. The summed E-state index contributed by atoms with van der Waals surface area (Å²) in [5, 5.41) is 31.8. The van der Waals surface area contributed by atoms with Gasteiger partial charge in [-0.1, -0.05) is 5.16 Å². The highest BCUT2D eigenvalue weighted by Crippen LogP contribution is 2.24. The molecule has 0 aliphatic rings. The first-order chi connectivity index (χ1) is 8.04. The highest BCUT2D eigenvalue weighted by Gasteiger charge is 2.08. The molecule has 0 fully saturated rings. The number of amides is 1. The largest absolute Gasteiger partial charge is 0.504 e. The van der Waals surface area contributed by atoms with Gasteiger partial charge in [0.1, 0.15) is 5.84 Å². The van der Waals surface area contributed by atoms with E-state index in [0.717, 1.165) is 6.07 Å². The van der Waals surface area contributed by atoms with Gasteiger partial charge >= 0.3 is 0 Å². The Bertz CT molecular complexity index is 445. The van der Waals surface area contributed by atoms with Gasteiger partial charge in [-0.3, -0.25) is 4.79 Å². The molecule has 0 spiro atoms. The number of phenolic OH excluding ortho intramolecular Hbond substituents is 2. The summed E-state index contributed by atoms with van der Waals surface area (Å²) in [4.78, 5) is 11.5. The molecule has 0 aliphatic carbocycles. The van der Waals surface area contributed by atoms with Crippen molar-refractivity contribution in [2.45, 2.75) is 6.42 Å². The predicted octanol–water partition coefficient (Wildman–Crippen LogP) is -0.0359. The molecule has 7 heteroatoms. The molecule has 0 aliphatic heterocycles. The first-order valence-electron chi connectivity index (χ1n) is 4.81. The maximum atomic E-state index is 11.5. The number of carbonyl (C=O) groups excluding carboxylic acids is 1. The summed E-state index contributed by atoms with van der Waals surface area (Å²) in [5.41, 5.74) is 5.43. The molecule has 0 bridgehead atoms. The molecule has 1 aromatic carbocycles. The second-order valence-corrected chi connectivity index (χ2v) is 3.30. The van der Waals surface area contributed by atoms with Gasteiger partial charge < -0.3 is 26.5 Å². The molecule has 0 heterocycles. The number of nitrogens with two attached hydrogens (primary N) is 1. The van der Waals surface area contributed by atoms with E-state index in [9.17, 15) is 9.90 Å². The van der Waals surface area contributed by atoms with Crippen molar-refractivity contribution in [1.29, 1.82) is 0 Å². The molecule has 1 rings (SSSR count). The first-order valence-corrected chi connectivity index (χ1v) is 4.81. The lowest BCUT2D eigenvalue weighted by Crippen LogP contribution is -2.27. The molecule has 1 amide bonds. The first kappa shape index (κ1) is 12.6. The second kappa shape index (κ2) is 5.59. The van der Waals surface area contributed by atoms with E-state index < -0.39 is 5.91 Å². The molecule has 0 radical (unpaired) electrons. The Kier molecular flexibility index (Phi) is 4.15. The van der Waals surface area contributed by atoms with Crippen LogP contribution in [0.2, 0.25) is 0 Å². The van der Waals surface area contributed by atoms with Crippen molar-refractivity contribution in [3.8, 4) is 11.5 Å². The number of oxime groups is 1. The van der Waals surface area contributed by atoms with Crippen LogP contribution in [0.3, 0.4) is 0 Å². The predicted molar refractivity (Wildman–Crippen MR) is 60.1 cm³/mol. The maximum absolute atomic E-state index is 11.5. The molecule has 1 aromatic rings. The minimum Gasteiger partial charge on any atom is -0.504 e. The van der Waals surface area contributed by atoms with Crippen molar-refractivity contribution in [2.24, 2.45) is 10.9 Å². The van der Waals surface area contributed by atoms with Crippen LogP contribution in [0.25, 0.3) is 0 Å². The minimum absolute atomic E-state index is 0.0128. The number of aromatic hydroxyl groups is 2. The number of rotatable bonds is 4. The fourth-order valence-electron chi connectivity index (χ4n) is 1.12. The van der Waals surface area contributed by atoms with Gasteiger partial charge in [0.25, 0.3) is 5.91 Å². The number of carbonyl (C=O) groups is 1. The van der Waals surface area contributed by atoms with Crippen LogP contribution in [0.1, 0.15) is 16.8 Å². The summed E-state index contributed by atoms with van der Waals surface area (Å²) in [5.74, 6) is -1.07. The number of hydrogen-bond donors (Lipinski definition) is 5. The third-order valence-corrected chi connectivity index (χ3v) is 2.03. The molecule has 0 saturated carbocycles.